The monoisotopic (exact) mass is 481 g/mol. The van der Waals surface area contributed by atoms with E-state index in [2.05, 4.69) is 10.1 Å². The maximum absolute atomic E-state index is 12.7. The number of carbonyl (C=O) groups is 1. The first kappa shape index (κ1) is 21.8. The SMILES string of the molecule is O=C(OCc1nc(-c2ccc(Cl)cc2)no1)c1cc(S(=O)(=O)N2CCCC2)ccc1Cl. The minimum absolute atomic E-state index is 0.00596. The van der Waals surface area contributed by atoms with E-state index in [4.69, 9.17) is 32.5 Å². The number of sulfonamides is 1. The van der Waals surface area contributed by atoms with Crippen LogP contribution >= 0.6 is 23.2 Å². The maximum Gasteiger partial charge on any atom is 0.340 e. The molecule has 31 heavy (non-hydrogen) atoms. The second-order valence-corrected chi connectivity index (χ2v) is 9.63. The number of hydrogen-bond acceptors (Lipinski definition) is 7. The fourth-order valence-electron chi connectivity index (χ4n) is 3.13. The van der Waals surface area contributed by atoms with Crippen LogP contribution in [0.1, 0.15) is 29.1 Å². The highest BCUT2D eigenvalue weighted by Gasteiger charge is 2.28. The van der Waals surface area contributed by atoms with Crippen LogP contribution in [0.25, 0.3) is 11.4 Å². The van der Waals surface area contributed by atoms with Crippen molar-refractivity contribution in [1.29, 1.82) is 0 Å². The Morgan fingerprint density at radius 3 is 2.52 bits per heavy atom. The molecular formula is C20H17Cl2N3O5S. The zero-order chi connectivity index (χ0) is 22.0. The first-order valence-corrected chi connectivity index (χ1v) is 11.6. The van der Waals surface area contributed by atoms with Gasteiger partial charge in [0.05, 0.1) is 15.5 Å². The molecule has 1 fully saturated rings. The molecule has 3 aromatic rings. The van der Waals surface area contributed by atoms with Gasteiger partial charge in [-0.15, -0.1) is 0 Å². The Labute approximate surface area is 188 Å². The third-order valence-electron chi connectivity index (χ3n) is 4.76. The van der Waals surface area contributed by atoms with E-state index in [0.717, 1.165) is 12.8 Å². The van der Waals surface area contributed by atoms with Gasteiger partial charge in [-0.3, -0.25) is 0 Å². The van der Waals surface area contributed by atoms with E-state index in [9.17, 15) is 13.2 Å². The smallest absolute Gasteiger partial charge is 0.340 e. The molecule has 0 bridgehead atoms. The van der Waals surface area contributed by atoms with Crippen molar-refractivity contribution in [3.8, 4) is 11.4 Å². The summed E-state index contributed by atoms with van der Waals surface area (Å²) in [5.41, 5.74) is 0.632. The average molecular weight is 482 g/mol. The van der Waals surface area contributed by atoms with Crippen LogP contribution < -0.4 is 0 Å². The summed E-state index contributed by atoms with van der Waals surface area (Å²) in [5, 5.41) is 4.50. The minimum Gasteiger partial charge on any atom is -0.452 e. The molecule has 0 N–H and O–H groups in total. The van der Waals surface area contributed by atoms with Crippen molar-refractivity contribution in [3.05, 3.63) is 64.0 Å². The van der Waals surface area contributed by atoms with E-state index in [1.807, 2.05) is 0 Å². The molecule has 1 aromatic heterocycles. The highest BCUT2D eigenvalue weighted by atomic mass is 35.5. The number of esters is 1. The summed E-state index contributed by atoms with van der Waals surface area (Å²) < 4.78 is 37.2. The first-order valence-electron chi connectivity index (χ1n) is 9.40. The number of carbonyl (C=O) groups excluding carboxylic acids is 1. The van der Waals surface area contributed by atoms with E-state index in [-0.39, 0.29) is 28.0 Å². The molecule has 0 amide bonds. The highest BCUT2D eigenvalue weighted by Crippen LogP contribution is 2.26. The van der Waals surface area contributed by atoms with E-state index in [1.54, 1.807) is 24.3 Å². The molecule has 0 unspecified atom stereocenters. The van der Waals surface area contributed by atoms with Crippen LogP contribution in [0.5, 0.6) is 0 Å². The van der Waals surface area contributed by atoms with Crippen LogP contribution in [0.3, 0.4) is 0 Å². The summed E-state index contributed by atoms with van der Waals surface area (Å²) in [6, 6.07) is 10.8. The first-order chi connectivity index (χ1) is 14.8. The highest BCUT2D eigenvalue weighted by molar-refractivity contribution is 7.89. The van der Waals surface area contributed by atoms with Gasteiger partial charge in [-0.2, -0.15) is 9.29 Å². The van der Waals surface area contributed by atoms with E-state index in [1.165, 1.54) is 22.5 Å². The molecule has 0 aliphatic carbocycles. The van der Waals surface area contributed by atoms with Gasteiger partial charge >= 0.3 is 5.97 Å². The largest absolute Gasteiger partial charge is 0.452 e. The third-order valence-corrected chi connectivity index (χ3v) is 7.23. The molecule has 2 heterocycles. The van der Waals surface area contributed by atoms with Gasteiger partial charge in [0.2, 0.25) is 15.8 Å². The normalized spacial score (nSPS) is 14.6. The van der Waals surface area contributed by atoms with Gasteiger partial charge in [0.25, 0.3) is 5.89 Å². The van der Waals surface area contributed by atoms with Crippen LogP contribution in [0.15, 0.2) is 51.9 Å². The third kappa shape index (κ3) is 4.74. The molecule has 11 heteroatoms. The molecule has 0 spiro atoms. The van der Waals surface area contributed by atoms with Gasteiger partial charge < -0.3 is 9.26 Å². The van der Waals surface area contributed by atoms with Crippen molar-refractivity contribution in [2.75, 3.05) is 13.1 Å². The Balaban J connectivity index is 1.47. The molecule has 162 valence electrons. The topological polar surface area (TPSA) is 103 Å². The van der Waals surface area contributed by atoms with Gasteiger partial charge in [0.15, 0.2) is 6.61 Å². The summed E-state index contributed by atoms with van der Waals surface area (Å²) >= 11 is 12.0. The number of hydrogen-bond donors (Lipinski definition) is 0. The van der Waals surface area contributed by atoms with Gasteiger partial charge in [-0.25, -0.2) is 13.2 Å². The van der Waals surface area contributed by atoms with Crippen molar-refractivity contribution in [1.82, 2.24) is 14.4 Å². The molecular weight excluding hydrogens is 465 g/mol. The Hall–Kier alpha value is -2.46. The van der Waals surface area contributed by atoms with Crippen LogP contribution in [-0.2, 0) is 21.4 Å². The zero-order valence-corrected chi connectivity index (χ0v) is 18.5. The second kappa shape index (κ2) is 8.96. The number of ether oxygens (including phenoxy) is 1. The molecule has 0 atom stereocenters. The minimum atomic E-state index is -3.69. The molecule has 1 aliphatic rings. The molecule has 0 saturated carbocycles. The fraction of sp³-hybridized carbons (Fsp3) is 0.250. The Kier molecular flexibility index (Phi) is 6.29. The zero-order valence-electron chi connectivity index (χ0n) is 16.1. The lowest BCUT2D eigenvalue weighted by atomic mass is 10.2. The van der Waals surface area contributed by atoms with Gasteiger partial charge in [0, 0.05) is 23.7 Å². The number of nitrogens with zero attached hydrogens (tertiary/aromatic N) is 3. The molecule has 0 radical (unpaired) electrons. The van der Waals surface area contributed by atoms with Crippen LogP contribution in [0, 0.1) is 0 Å². The molecule has 2 aromatic carbocycles. The van der Waals surface area contributed by atoms with Crippen LogP contribution in [0.4, 0.5) is 0 Å². The lowest BCUT2D eigenvalue weighted by Gasteiger charge is -2.16. The van der Waals surface area contributed by atoms with Crippen LogP contribution in [-0.4, -0.2) is 41.9 Å². The molecule has 1 aliphatic heterocycles. The molecule has 4 rings (SSSR count). The van der Waals surface area contributed by atoms with Crippen molar-refractivity contribution in [3.63, 3.8) is 0 Å². The average Bonchev–Trinajstić information content (AvgIpc) is 3.45. The van der Waals surface area contributed by atoms with E-state index < -0.39 is 16.0 Å². The summed E-state index contributed by atoms with van der Waals surface area (Å²) in [6.45, 7) is 0.620. The number of aromatic nitrogens is 2. The predicted octanol–water partition coefficient (Wildman–Crippen LogP) is 4.18. The van der Waals surface area contributed by atoms with Gasteiger partial charge in [-0.05, 0) is 55.3 Å². The lowest BCUT2D eigenvalue weighted by molar-refractivity contribution is 0.0429. The Bertz CT molecular complexity index is 1210. The predicted molar refractivity (Wildman–Crippen MR) is 113 cm³/mol. The molecule has 1 saturated heterocycles. The lowest BCUT2D eigenvalue weighted by Crippen LogP contribution is -2.28. The van der Waals surface area contributed by atoms with Gasteiger partial charge in [-0.1, -0.05) is 28.4 Å². The van der Waals surface area contributed by atoms with Crippen molar-refractivity contribution >= 4 is 39.2 Å². The summed E-state index contributed by atoms with van der Waals surface area (Å²) in [6.07, 6.45) is 1.62. The van der Waals surface area contributed by atoms with Gasteiger partial charge in [0.1, 0.15) is 0 Å². The number of benzene rings is 2. The molecule has 8 nitrogen and oxygen atoms in total. The van der Waals surface area contributed by atoms with Crippen molar-refractivity contribution < 1.29 is 22.5 Å². The Morgan fingerprint density at radius 2 is 1.81 bits per heavy atom. The number of halogens is 2. The second-order valence-electron chi connectivity index (χ2n) is 6.85. The van der Waals surface area contributed by atoms with E-state index in [0.29, 0.717) is 29.5 Å². The number of rotatable bonds is 6. The van der Waals surface area contributed by atoms with Crippen molar-refractivity contribution in [2.24, 2.45) is 0 Å². The summed E-state index contributed by atoms with van der Waals surface area (Å²) in [4.78, 5) is 16.7. The maximum atomic E-state index is 12.7. The summed E-state index contributed by atoms with van der Waals surface area (Å²) in [5.74, 6) is -0.399. The van der Waals surface area contributed by atoms with E-state index >= 15 is 0 Å². The van der Waals surface area contributed by atoms with Crippen LogP contribution in [0.2, 0.25) is 10.0 Å². The van der Waals surface area contributed by atoms with Crippen molar-refractivity contribution in [2.45, 2.75) is 24.3 Å². The quantitative estimate of drug-likeness (QED) is 0.486. The fourth-order valence-corrected chi connectivity index (χ4v) is 5.00. The Morgan fingerprint density at radius 1 is 1.10 bits per heavy atom. The summed E-state index contributed by atoms with van der Waals surface area (Å²) in [7, 11) is -3.69. The standard InChI is InChI=1S/C20H17Cl2N3O5S/c21-14-5-3-13(4-6-14)19-23-18(30-24-19)12-29-20(26)16-11-15(7-8-17(16)22)31(27,28)25-9-1-2-10-25/h3-8,11H,1-2,9-10,12H2.